The second-order valence-corrected chi connectivity index (χ2v) is 8.13. The van der Waals surface area contributed by atoms with Crippen LogP contribution in [0.25, 0.3) is 10.9 Å². The van der Waals surface area contributed by atoms with Crippen LogP contribution in [-0.2, 0) is 4.79 Å². The van der Waals surface area contributed by atoms with Crippen molar-refractivity contribution in [3.8, 4) is 11.5 Å². The number of anilines is 2. The fourth-order valence-electron chi connectivity index (χ4n) is 3.37. The maximum atomic E-state index is 13.5. The number of hydrogen-bond acceptors (Lipinski definition) is 7. The Bertz CT molecular complexity index is 1110. The second kappa shape index (κ2) is 11.8. The second-order valence-electron chi connectivity index (χ2n) is 7.72. The molecule has 0 radical (unpaired) electrons. The van der Waals surface area contributed by atoms with Gasteiger partial charge in [0.2, 0.25) is 0 Å². The standard InChI is InChI=1S/C24H27ClFN3O4/c1-15(21(31)13-30)6-4-3-5-9-33-23-11-17-20(12-22(23)32-2)27-14-28-24(17)29-16-7-8-19(26)18(25)10-16/h7-8,10-12,14-15,30H,3-6,9,13H2,1-2H3,(H,27,28,29). The molecule has 0 amide bonds. The summed E-state index contributed by atoms with van der Waals surface area (Å²) in [6.07, 6.45) is 4.77. The number of fused-ring (bicyclic) bond motifs is 1. The van der Waals surface area contributed by atoms with E-state index in [0.717, 1.165) is 25.7 Å². The van der Waals surface area contributed by atoms with Gasteiger partial charge in [-0.15, -0.1) is 0 Å². The molecule has 0 fully saturated rings. The van der Waals surface area contributed by atoms with Crippen molar-refractivity contribution in [2.24, 2.45) is 5.92 Å². The number of aromatic nitrogens is 2. The number of unbranched alkanes of at least 4 members (excludes halogenated alkanes) is 2. The molecular formula is C24H27ClFN3O4. The fraction of sp³-hybridized carbons (Fsp3) is 0.375. The Morgan fingerprint density at radius 2 is 2.00 bits per heavy atom. The van der Waals surface area contributed by atoms with Gasteiger partial charge in [0.1, 0.15) is 24.6 Å². The van der Waals surface area contributed by atoms with Crippen LogP contribution >= 0.6 is 11.6 Å². The lowest BCUT2D eigenvalue weighted by atomic mass is 9.99. The van der Waals surface area contributed by atoms with E-state index in [0.29, 0.717) is 40.5 Å². The van der Waals surface area contributed by atoms with Crippen molar-refractivity contribution in [3.05, 3.63) is 47.5 Å². The predicted molar refractivity (Wildman–Crippen MR) is 126 cm³/mol. The Hall–Kier alpha value is -2.97. The fourth-order valence-corrected chi connectivity index (χ4v) is 3.56. The van der Waals surface area contributed by atoms with Crippen LogP contribution in [0.2, 0.25) is 5.02 Å². The summed E-state index contributed by atoms with van der Waals surface area (Å²) in [5.41, 5.74) is 1.25. The molecule has 0 saturated heterocycles. The van der Waals surface area contributed by atoms with E-state index >= 15 is 0 Å². The number of halogens is 2. The third-order valence-corrected chi connectivity index (χ3v) is 5.64. The van der Waals surface area contributed by atoms with Crippen LogP contribution in [0.15, 0.2) is 36.7 Å². The summed E-state index contributed by atoms with van der Waals surface area (Å²) in [6, 6.07) is 7.93. The van der Waals surface area contributed by atoms with Gasteiger partial charge in [-0.2, -0.15) is 0 Å². The van der Waals surface area contributed by atoms with E-state index in [1.165, 1.54) is 18.5 Å². The number of carbonyl (C=O) groups is 1. The molecule has 176 valence electrons. The van der Waals surface area contributed by atoms with Crippen molar-refractivity contribution < 1.29 is 23.8 Å². The van der Waals surface area contributed by atoms with Gasteiger partial charge in [0.25, 0.3) is 0 Å². The first-order valence-corrected chi connectivity index (χ1v) is 11.1. The van der Waals surface area contributed by atoms with Gasteiger partial charge < -0.3 is 19.9 Å². The number of rotatable bonds is 12. The Morgan fingerprint density at radius 1 is 1.18 bits per heavy atom. The Kier molecular flexibility index (Phi) is 8.79. The van der Waals surface area contributed by atoms with Crippen molar-refractivity contribution in [1.29, 1.82) is 0 Å². The first-order valence-electron chi connectivity index (χ1n) is 10.7. The average Bonchev–Trinajstić information content (AvgIpc) is 2.82. The Morgan fingerprint density at radius 3 is 2.73 bits per heavy atom. The van der Waals surface area contributed by atoms with Crippen LogP contribution < -0.4 is 14.8 Å². The summed E-state index contributed by atoms with van der Waals surface area (Å²) < 4.78 is 24.9. The molecule has 2 N–H and O–H groups in total. The van der Waals surface area contributed by atoms with Gasteiger partial charge in [-0.05, 0) is 37.1 Å². The van der Waals surface area contributed by atoms with Gasteiger partial charge in [-0.3, -0.25) is 4.79 Å². The number of nitrogens with one attached hydrogen (secondary N) is 1. The van der Waals surface area contributed by atoms with Gasteiger partial charge in [-0.25, -0.2) is 14.4 Å². The third-order valence-electron chi connectivity index (χ3n) is 5.35. The minimum absolute atomic E-state index is 0.0131. The summed E-state index contributed by atoms with van der Waals surface area (Å²) in [4.78, 5) is 20.1. The molecule has 1 atom stereocenters. The van der Waals surface area contributed by atoms with E-state index in [9.17, 15) is 9.18 Å². The predicted octanol–water partition coefficient (Wildman–Crippen LogP) is 5.31. The molecule has 0 saturated carbocycles. The van der Waals surface area contributed by atoms with Crippen molar-refractivity contribution in [3.63, 3.8) is 0 Å². The summed E-state index contributed by atoms with van der Waals surface area (Å²) in [5.74, 6) is 0.894. The van der Waals surface area contributed by atoms with Crippen molar-refractivity contribution in [1.82, 2.24) is 9.97 Å². The first kappa shape index (κ1) is 24.7. The maximum Gasteiger partial charge on any atom is 0.162 e. The number of nitrogens with zero attached hydrogens (tertiary/aromatic N) is 2. The number of aliphatic hydroxyl groups is 1. The van der Waals surface area contributed by atoms with Gasteiger partial charge >= 0.3 is 0 Å². The molecule has 7 nitrogen and oxygen atoms in total. The van der Waals surface area contributed by atoms with Crippen LogP contribution in [0.4, 0.5) is 15.9 Å². The van der Waals surface area contributed by atoms with Crippen molar-refractivity contribution in [2.45, 2.75) is 32.6 Å². The minimum atomic E-state index is -0.496. The molecule has 3 aromatic rings. The number of ether oxygens (including phenoxy) is 2. The Balaban J connectivity index is 1.68. The van der Waals surface area contributed by atoms with Crippen LogP contribution in [0.1, 0.15) is 32.6 Å². The highest BCUT2D eigenvalue weighted by Crippen LogP contribution is 2.35. The number of benzene rings is 2. The lowest BCUT2D eigenvalue weighted by Crippen LogP contribution is -2.14. The highest BCUT2D eigenvalue weighted by Gasteiger charge is 2.13. The van der Waals surface area contributed by atoms with E-state index in [4.69, 9.17) is 26.2 Å². The molecule has 0 spiro atoms. The number of hydrogen-bond donors (Lipinski definition) is 2. The van der Waals surface area contributed by atoms with E-state index in [-0.39, 0.29) is 16.7 Å². The van der Waals surface area contributed by atoms with E-state index in [1.807, 2.05) is 13.0 Å². The molecule has 1 unspecified atom stereocenters. The van der Waals surface area contributed by atoms with Crippen LogP contribution in [0, 0.1) is 11.7 Å². The zero-order valence-electron chi connectivity index (χ0n) is 18.6. The summed E-state index contributed by atoms with van der Waals surface area (Å²) >= 11 is 5.88. The average molecular weight is 476 g/mol. The van der Waals surface area contributed by atoms with Crippen molar-refractivity contribution >= 4 is 39.8 Å². The SMILES string of the molecule is COc1cc2ncnc(Nc3ccc(F)c(Cl)c3)c2cc1OCCCCCC(C)C(=O)CO. The first-order chi connectivity index (χ1) is 15.9. The van der Waals surface area contributed by atoms with Crippen LogP contribution in [0.5, 0.6) is 11.5 Å². The zero-order valence-corrected chi connectivity index (χ0v) is 19.4. The van der Waals surface area contributed by atoms with Crippen LogP contribution in [0.3, 0.4) is 0 Å². The van der Waals surface area contributed by atoms with E-state index in [2.05, 4.69) is 15.3 Å². The molecule has 0 aliphatic heterocycles. The van der Waals surface area contributed by atoms with Gasteiger partial charge in [0.05, 0.1) is 24.3 Å². The molecular weight excluding hydrogens is 449 g/mol. The van der Waals surface area contributed by atoms with Crippen molar-refractivity contribution in [2.75, 3.05) is 25.6 Å². The lowest BCUT2D eigenvalue weighted by molar-refractivity contribution is -0.125. The highest BCUT2D eigenvalue weighted by atomic mass is 35.5. The maximum absolute atomic E-state index is 13.5. The molecule has 0 bridgehead atoms. The molecule has 2 aromatic carbocycles. The lowest BCUT2D eigenvalue weighted by Gasteiger charge is -2.14. The number of carbonyl (C=O) groups excluding carboxylic acids is 1. The molecule has 0 aliphatic rings. The quantitative estimate of drug-likeness (QED) is 0.343. The van der Waals surface area contributed by atoms with E-state index in [1.54, 1.807) is 19.2 Å². The smallest absolute Gasteiger partial charge is 0.162 e. The molecule has 3 rings (SSSR count). The molecule has 0 aliphatic carbocycles. The molecule has 9 heteroatoms. The number of ketones is 1. The minimum Gasteiger partial charge on any atom is -0.493 e. The summed E-state index contributed by atoms with van der Waals surface area (Å²) in [6.45, 7) is 1.91. The topological polar surface area (TPSA) is 93.6 Å². The summed E-state index contributed by atoms with van der Waals surface area (Å²) in [7, 11) is 1.56. The van der Waals surface area contributed by atoms with Gasteiger partial charge in [0, 0.05) is 23.1 Å². The highest BCUT2D eigenvalue weighted by molar-refractivity contribution is 6.31. The number of Topliss-reactive ketones (excluding diaryl/α,β-unsaturated/α-hetero) is 1. The zero-order chi connectivity index (χ0) is 23.8. The molecule has 1 heterocycles. The van der Waals surface area contributed by atoms with Gasteiger partial charge in [0.15, 0.2) is 17.3 Å². The van der Waals surface area contributed by atoms with E-state index < -0.39 is 12.4 Å². The molecule has 33 heavy (non-hydrogen) atoms. The number of methoxy groups -OCH3 is 1. The Labute approximate surface area is 196 Å². The van der Waals surface area contributed by atoms with Gasteiger partial charge in [-0.1, -0.05) is 31.4 Å². The van der Waals surface area contributed by atoms with Crippen LogP contribution in [-0.4, -0.2) is 41.2 Å². The number of aliphatic hydroxyl groups excluding tert-OH is 1. The monoisotopic (exact) mass is 475 g/mol. The normalized spacial score (nSPS) is 11.9. The largest absolute Gasteiger partial charge is 0.493 e. The third kappa shape index (κ3) is 6.52. The molecule has 1 aromatic heterocycles. The summed E-state index contributed by atoms with van der Waals surface area (Å²) in [5, 5.41) is 12.8.